The molecule has 304 valence electrons. The van der Waals surface area contributed by atoms with Gasteiger partial charge in [0.25, 0.3) is 0 Å². The van der Waals surface area contributed by atoms with Crippen molar-refractivity contribution in [3.63, 3.8) is 0 Å². The number of methoxy groups -OCH3 is 2. The second-order valence-corrected chi connectivity index (χ2v) is 14.4. The van der Waals surface area contributed by atoms with Crippen molar-refractivity contribution in [2.45, 2.75) is 104 Å². The molecule has 0 amide bonds. The second-order valence-electron chi connectivity index (χ2n) is 14.4. The van der Waals surface area contributed by atoms with E-state index in [0.717, 1.165) is 0 Å². The van der Waals surface area contributed by atoms with E-state index in [1.807, 2.05) is 114 Å². The minimum absolute atomic E-state index is 0.0120. The number of allylic oxidation sites excluding steroid dienone is 10. The molecule has 2 aromatic heterocycles. The zero-order valence-electron chi connectivity index (χ0n) is 33.7. The summed E-state index contributed by atoms with van der Waals surface area (Å²) in [6, 6.07) is 0. The van der Waals surface area contributed by atoms with E-state index >= 15 is 0 Å². The van der Waals surface area contributed by atoms with Crippen LogP contribution < -0.4 is 0 Å². The molecule has 4 bridgehead atoms. The number of cyclic esters (lactones) is 2. The van der Waals surface area contributed by atoms with Gasteiger partial charge in [-0.15, -0.1) is 0 Å². The highest BCUT2D eigenvalue weighted by atomic mass is 16.6. The monoisotopic (exact) mass is 774 g/mol. The highest BCUT2D eigenvalue weighted by molar-refractivity contribution is 5.87. The van der Waals surface area contributed by atoms with Crippen LogP contribution in [0.1, 0.15) is 87.1 Å². The smallest absolute Gasteiger partial charge is 0.360 e. The van der Waals surface area contributed by atoms with E-state index in [-0.39, 0.29) is 24.2 Å². The van der Waals surface area contributed by atoms with Gasteiger partial charge in [0.2, 0.25) is 0 Å². The first-order valence-electron chi connectivity index (χ1n) is 18.7. The van der Waals surface area contributed by atoms with Gasteiger partial charge in [0.1, 0.15) is 24.7 Å². The summed E-state index contributed by atoms with van der Waals surface area (Å²) >= 11 is 0. The Balaban J connectivity index is 1.93. The van der Waals surface area contributed by atoms with Gasteiger partial charge in [-0.25, -0.2) is 19.6 Å². The summed E-state index contributed by atoms with van der Waals surface area (Å²) < 4.78 is 34.3. The largest absolute Gasteiger partial charge is 0.457 e. The van der Waals surface area contributed by atoms with E-state index < -0.39 is 59.4 Å². The molecular formula is C44H58N2O10. The Kier molecular flexibility index (Phi) is 18.4. The molecule has 0 aliphatic carbocycles. The van der Waals surface area contributed by atoms with Gasteiger partial charge in [0.15, 0.2) is 23.2 Å². The molecule has 3 rings (SSSR count). The number of hydrogen-bond donors (Lipinski definition) is 2. The van der Waals surface area contributed by atoms with Crippen LogP contribution in [-0.4, -0.2) is 83.0 Å². The van der Waals surface area contributed by atoms with Gasteiger partial charge in [-0.3, -0.25) is 0 Å². The molecular weight excluding hydrogens is 716 g/mol. The lowest BCUT2D eigenvalue weighted by atomic mass is 9.79. The zero-order chi connectivity index (χ0) is 41.1. The van der Waals surface area contributed by atoms with Gasteiger partial charge >= 0.3 is 11.9 Å². The molecule has 0 radical (unpaired) electrons. The van der Waals surface area contributed by atoms with E-state index in [9.17, 15) is 19.8 Å². The van der Waals surface area contributed by atoms with Crippen molar-refractivity contribution in [2.24, 2.45) is 10.8 Å². The summed E-state index contributed by atoms with van der Waals surface area (Å²) in [4.78, 5) is 35.3. The average molecular weight is 775 g/mol. The molecule has 0 spiro atoms. The molecule has 12 heteroatoms. The number of nitrogens with zero attached hydrogens (tertiary/aromatic N) is 2. The molecule has 3 unspecified atom stereocenters. The van der Waals surface area contributed by atoms with Crippen LogP contribution in [0.5, 0.6) is 0 Å². The maximum Gasteiger partial charge on any atom is 0.360 e. The summed E-state index contributed by atoms with van der Waals surface area (Å²) in [7, 11) is 3.12. The molecule has 0 aromatic carbocycles. The van der Waals surface area contributed by atoms with Crippen LogP contribution in [0.4, 0.5) is 0 Å². The normalized spacial score (nSPS) is 26.1. The van der Waals surface area contributed by atoms with Crippen molar-refractivity contribution in [3.8, 4) is 0 Å². The van der Waals surface area contributed by atoms with Gasteiger partial charge in [0.05, 0.1) is 37.3 Å². The van der Waals surface area contributed by atoms with Crippen molar-refractivity contribution in [3.05, 3.63) is 133 Å². The highest BCUT2D eigenvalue weighted by Gasteiger charge is 2.39. The number of aliphatic hydroxyl groups is 2. The molecule has 2 N–H and O–H groups in total. The molecule has 56 heavy (non-hydrogen) atoms. The molecule has 0 fully saturated rings. The maximum absolute atomic E-state index is 13.3. The lowest BCUT2D eigenvalue weighted by Gasteiger charge is -2.36. The van der Waals surface area contributed by atoms with E-state index in [0.29, 0.717) is 24.6 Å². The Labute approximate surface area is 330 Å². The zero-order valence-corrected chi connectivity index (χ0v) is 33.7. The first-order chi connectivity index (χ1) is 26.8. The predicted octanol–water partition coefficient (Wildman–Crippen LogP) is 7.59. The van der Waals surface area contributed by atoms with Crippen molar-refractivity contribution in [1.29, 1.82) is 0 Å². The molecule has 12 nitrogen and oxygen atoms in total. The van der Waals surface area contributed by atoms with E-state index in [1.54, 1.807) is 38.5 Å². The van der Waals surface area contributed by atoms with E-state index in [2.05, 4.69) is 9.97 Å². The third kappa shape index (κ3) is 13.7. The predicted molar refractivity (Wildman–Crippen MR) is 214 cm³/mol. The Morgan fingerprint density at radius 3 is 1.39 bits per heavy atom. The number of esters is 2. The van der Waals surface area contributed by atoms with Crippen molar-refractivity contribution in [1.82, 2.24) is 9.97 Å². The summed E-state index contributed by atoms with van der Waals surface area (Å²) in [5.74, 6) is -0.754. The first-order valence-corrected chi connectivity index (χ1v) is 18.7. The number of carbonyl (C=O) groups excluding carboxylic acids is 2. The van der Waals surface area contributed by atoms with Crippen molar-refractivity contribution >= 4 is 11.9 Å². The molecule has 6 atom stereocenters. The number of aliphatic hydroxyl groups excluding tert-OH is 2. The lowest BCUT2D eigenvalue weighted by molar-refractivity contribution is -0.0461. The summed E-state index contributed by atoms with van der Waals surface area (Å²) in [6.45, 7) is 11.0. The number of ether oxygens (including phenoxy) is 4. The fourth-order valence-electron chi connectivity index (χ4n) is 5.62. The number of carbonyl (C=O) groups is 2. The SMILES string of the molecule is C/C=C/[C@H](O)C(C)(C)C1C\C=C/C=C\C=C\[C@H](OC)Cc2nc(co2)C(=O)OC(C(C)(C)[C@@H](O)/C=C/C)C\C=C/C=C\C=C\C(OC)Cc2nc(co2)C(=O)O1. The first kappa shape index (κ1) is 45.5. The molecule has 1 aliphatic heterocycles. The van der Waals surface area contributed by atoms with E-state index in [1.165, 1.54) is 12.5 Å². The Morgan fingerprint density at radius 2 is 1.04 bits per heavy atom. The van der Waals surface area contributed by atoms with Crippen LogP contribution in [-0.2, 0) is 31.8 Å². The van der Waals surface area contributed by atoms with Gasteiger partial charge in [-0.2, -0.15) is 0 Å². The summed E-state index contributed by atoms with van der Waals surface area (Å²) in [6.07, 6.45) is 28.4. The van der Waals surface area contributed by atoms with Crippen LogP contribution in [0.3, 0.4) is 0 Å². The number of fused-ring (bicyclic) bond motifs is 4. The van der Waals surface area contributed by atoms with E-state index in [4.69, 9.17) is 27.8 Å². The van der Waals surface area contributed by atoms with Crippen LogP contribution in [0.25, 0.3) is 0 Å². The fourth-order valence-corrected chi connectivity index (χ4v) is 5.62. The highest BCUT2D eigenvalue weighted by Crippen LogP contribution is 2.33. The summed E-state index contributed by atoms with van der Waals surface area (Å²) in [5, 5.41) is 21.8. The van der Waals surface area contributed by atoms with Gasteiger partial charge in [0, 0.05) is 37.9 Å². The third-order valence-corrected chi connectivity index (χ3v) is 9.60. The molecule has 1 aliphatic rings. The standard InChI is InChI=1S/C44H58N2O10/c1-9-21-35(47)43(3,4)37-25-19-15-11-13-17-23-32(52-8)28-40-46-34(30-54-40)42(50)56-38(44(5,6)36(48)22-10-2)26-20-16-12-14-18-24-31(51-7)27-39-45-33(29-53-39)41(49)55-37/h9-24,29-32,35-38,47-48H,25-28H2,1-8H3/b13-11-,14-12-,19-15-,20-16-,21-9+,22-10+,23-17+,24-18+/t31-,32?,35-,36-,37?,38?/m0/s1. The van der Waals surface area contributed by atoms with Crippen LogP contribution in [0.2, 0.25) is 0 Å². The Morgan fingerprint density at radius 1 is 0.661 bits per heavy atom. The lowest BCUT2D eigenvalue weighted by Crippen LogP contribution is -2.42. The number of oxazole rings is 2. The summed E-state index contributed by atoms with van der Waals surface area (Å²) in [5.41, 5.74) is -1.66. The van der Waals surface area contributed by atoms with Gasteiger partial charge < -0.3 is 38.0 Å². The molecule has 0 saturated heterocycles. The Bertz CT molecular complexity index is 1640. The molecule has 2 aromatic rings. The molecule has 0 saturated carbocycles. The van der Waals surface area contributed by atoms with Crippen LogP contribution in [0, 0.1) is 10.8 Å². The number of rotatable bonds is 8. The quantitative estimate of drug-likeness (QED) is 0.200. The fraction of sp³-hybridized carbons (Fsp3) is 0.455. The third-order valence-electron chi connectivity index (χ3n) is 9.60. The van der Waals surface area contributed by atoms with Gasteiger partial charge in [-0.1, -0.05) is 125 Å². The second kappa shape index (κ2) is 22.6. The van der Waals surface area contributed by atoms with Crippen LogP contribution >= 0.6 is 0 Å². The minimum Gasteiger partial charge on any atom is -0.457 e. The molecule has 3 heterocycles. The van der Waals surface area contributed by atoms with Crippen molar-refractivity contribution < 1.29 is 47.6 Å². The van der Waals surface area contributed by atoms with Crippen molar-refractivity contribution in [2.75, 3.05) is 14.2 Å². The Hall–Kier alpha value is -4.88. The maximum atomic E-state index is 13.3. The van der Waals surface area contributed by atoms with Crippen LogP contribution in [0.15, 0.2) is 119 Å². The average Bonchev–Trinajstić information content (AvgIpc) is 3.85. The topological polar surface area (TPSA) is 164 Å². The number of hydrogen-bond acceptors (Lipinski definition) is 12. The number of aromatic nitrogens is 2. The minimum atomic E-state index is -0.880. The van der Waals surface area contributed by atoms with Gasteiger partial charge in [-0.05, 0) is 13.8 Å².